The number of hydrogen-bond acceptors (Lipinski definition) is 5. The number of ether oxygens (including phenoxy) is 1. The number of rotatable bonds is 3. The maximum atomic E-state index is 13.2. The minimum absolute atomic E-state index is 0.0552. The number of thioether (sulfide) groups is 2. The van der Waals surface area contributed by atoms with Crippen molar-refractivity contribution >= 4 is 46.3 Å². The molecule has 0 aliphatic carbocycles. The van der Waals surface area contributed by atoms with Crippen LogP contribution in [-0.4, -0.2) is 46.9 Å². The van der Waals surface area contributed by atoms with Crippen LogP contribution in [0.4, 0.5) is 0 Å². The highest BCUT2D eigenvalue weighted by Gasteiger charge is 2.26. The Morgan fingerprint density at radius 3 is 2.55 bits per heavy atom. The second-order valence-corrected chi connectivity index (χ2v) is 10.6. The van der Waals surface area contributed by atoms with Gasteiger partial charge in [-0.2, -0.15) is 0 Å². The third-order valence-electron chi connectivity index (χ3n) is 5.94. The van der Waals surface area contributed by atoms with Crippen LogP contribution in [0.1, 0.15) is 48.5 Å². The lowest BCUT2D eigenvalue weighted by Crippen LogP contribution is -2.35. The number of benzene rings is 2. The van der Waals surface area contributed by atoms with Gasteiger partial charge in [0.1, 0.15) is 0 Å². The monoisotopic (exact) mass is 452 g/mol. The minimum Gasteiger partial charge on any atom is -0.465 e. The van der Waals surface area contributed by atoms with E-state index in [0.717, 1.165) is 34.1 Å². The summed E-state index contributed by atoms with van der Waals surface area (Å²) in [6.07, 6.45) is 2.05. The van der Waals surface area contributed by atoms with Gasteiger partial charge in [0.2, 0.25) is 0 Å². The molecule has 1 amide bonds. The summed E-state index contributed by atoms with van der Waals surface area (Å²) >= 11 is 3.98. The van der Waals surface area contributed by atoms with Gasteiger partial charge in [-0.05, 0) is 53.8 Å². The molecule has 5 rings (SSSR count). The summed E-state index contributed by atoms with van der Waals surface area (Å²) in [4.78, 5) is 30.5. The number of esters is 1. The molecular formula is C24H24N2O3S2. The van der Waals surface area contributed by atoms with E-state index in [-0.39, 0.29) is 11.9 Å². The fourth-order valence-electron chi connectivity index (χ4n) is 4.28. The first-order valence-corrected chi connectivity index (χ1v) is 12.6. The van der Waals surface area contributed by atoms with Crippen LogP contribution >= 0.6 is 23.5 Å². The Morgan fingerprint density at radius 1 is 1.06 bits per heavy atom. The number of nitrogens with one attached hydrogen (secondary N) is 1. The molecule has 0 atom stereocenters. The molecule has 3 aromatic rings. The van der Waals surface area contributed by atoms with E-state index in [4.69, 9.17) is 4.74 Å². The maximum absolute atomic E-state index is 13.2. The molecule has 7 heteroatoms. The Kier molecular flexibility index (Phi) is 5.71. The summed E-state index contributed by atoms with van der Waals surface area (Å²) < 4.78 is 5.34. The molecule has 2 aliphatic rings. The van der Waals surface area contributed by atoms with Crippen molar-refractivity contribution in [3.63, 3.8) is 0 Å². The smallest absolute Gasteiger partial charge is 0.337 e. The van der Waals surface area contributed by atoms with Gasteiger partial charge >= 0.3 is 5.97 Å². The fourth-order valence-corrected chi connectivity index (χ4v) is 7.17. The largest absolute Gasteiger partial charge is 0.465 e. The Bertz CT molecular complexity index is 1130. The molecule has 0 bridgehead atoms. The van der Waals surface area contributed by atoms with Crippen molar-refractivity contribution in [3.05, 3.63) is 70.4 Å². The summed E-state index contributed by atoms with van der Waals surface area (Å²) in [5.74, 6) is 2.11. The van der Waals surface area contributed by atoms with Gasteiger partial charge in [0.05, 0.1) is 17.3 Å². The van der Waals surface area contributed by atoms with Gasteiger partial charge in [-0.15, -0.1) is 23.5 Å². The number of fused-ring (bicyclic) bond motifs is 3. The predicted molar refractivity (Wildman–Crippen MR) is 127 cm³/mol. The van der Waals surface area contributed by atoms with Gasteiger partial charge in [0.15, 0.2) is 0 Å². The molecule has 1 fully saturated rings. The topological polar surface area (TPSA) is 62.4 Å². The van der Waals surface area contributed by atoms with Gasteiger partial charge < -0.3 is 14.6 Å². The van der Waals surface area contributed by atoms with Crippen LogP contribution < -0.4 is 0 Å². The van der Waals surface area contributed by atoms with Crippen LogP contribution in [0.25, 0.3) is 10.9 Å². The number of amides is 1. The van der Waals surface area contributed by atoms with E-state index in [1.54, 1.807) is 6.07 Å². The van der Waals surface area contributed by atoms with Crippen LogP contribution in [0.3, 0.4) is 0 Å². The lowest BCUT2D eigenvalue weighted by Gasteiger charge is -2.27. The second kappa shape index (κ2) is 8.63. The number of aromatic amines is 1. The second-order valence-electron chi connectivity index (χ2n) is 7.86. The molecule has 0 radical (unpaired) electrons. The molecular weight excluding hydrogens is 428 g/mol. The molecule has 1 saturated heterocycles. The van der Waals surface area contributed by atoms with E-state index in [0.29, 0.717) is 23.2 Å². The van der Waals surface area contributed by atoms with Gasteiger partial charge in [-0.1, -0.05) is 12.1 Å². The molecule has 5 nitrogen and oxygen atoms in total. The van der Waals surface area contributed by atoms with Gasteiger partial charge in [0.25, 0.3) is 5.91 Å². The zero-order chi connectivity index (χ0) is 21.4. The average Bonchev–Trinajstić information content (AvgIpc) is 3.21. The average molecular weight is 453 g/mol. The SMILES string of the molecule is COC(=O)c1ccc2[nH]c3c(c2c1)CN(C(=O)c1ccc(C2SCCCS2)cc1)CC3. The van der Waals surface area contributed by atoms with E-state index in [1.807, 2.05) is 52.7 Å². The molecule has 0 spiro atoms. The lowest BCUT2D eigenvalue weighted by molar-refractivity contribution is 0.0600. The van der Waals surface area contributed by atoms with Crippen molar-refractivity contribution in [2.24, 2.45) is 0 Å². The Hall–Kier alpha value is -2.38. The highest BCUT2D eigenvalue weighted by Crippen LogP contribution is 2.43. The fraction of sp³-hybridized carbons (Fsp3) is 0.333. The zero-order valence-electron chi connectivity index (χ0n) is 17.3. The van der Waals surface area contributed by atoms with E-state index < -0.39 is 0 Å². The quantitative estimate of drug-likeness (QED) is 0.565. The van der Waals surface area contributed by atoms with Gasteiger partial charge in [-0.25, -0.2) is 4.79 Å². The summed E-state index contributed by atoms with van der Waals surface area (Å²) in [5, 5.41) is 0.983. The predicted octanol–water partition coefficient (Wildman–Crippen LogP) is 5.02. The molecule has 2 aromatic carbocycles. The molecule has 0 saturated carbocycles. The third-order valence-corrected chi connectivity index (χ3v) is 8.96. The van der Waals surface area contributed by atoms with Crippen LogP contribution in [0.2, 0.25) is 0 Å². The first kappa shape index (κ1) is 20.5. The Labute approximate surface area is 189 Å². The first-order valence-electron chi connectivity index (χ1n) is 10.5. The number of aromatic nitrogens is 1. The van der Waals surface area contributed by atoms with E-state index in [9.17, 15) is 9.59 Å². The number of H-pyrrole nitrogens is 1. The maximum Gasteiger partial charge on any atom is 0.337 e. The van der Waals surface area contributed by atoms with E-state index >= 15 is 0 Å². The third kappa shape index (κ3) is 3.96. The number of carbonyl (C=O) groups excluding carboxylic acids is 2. The molecule has 2 aliphatic heterocycles. The zero-order valence-corrected chi connectivity index (χ0v) is 19.0. The highest BCUT2D eigenvalue weighted by atomic mass is 32.2. The minimum atomic E-state index is -0.352. The Morgan fingerprint density at radius 2 is 1.81 bits per heavy atom. The molecule has 1 N–H and O–H groups in total. The van der Waals surface area contributed by atoms with Crippen molar-refractivity contribution in [2.45, 2.75) is 24.0 Å². The lowest BCUT2D eigenvalue weighted by atomic mass is 10.0. The normalized spacial score (nSPS) is 16.9. The van der Waals surface area contributed by atoms with Gasteiger partial charge in [0, 0.05) is 47.2 Å². The van der Waals surface area contributed by atoms with Gasteiger partial charge in [-0.3, -0.25) is 4.79 Å². The molecule has 1 aromatic heterocycles. The summed E-state index contributed by atoms with van der Waals surface area (Å²) in [6, 6.07) is 13.7. The first-order chi connectivity index (χ1) is 15.1. The molecule has 3 heterocycles. The van der Waals surface area contributed by atoms with Crippen LogP contribution in [0.15, 0.2) is 42.5 Å². The molecule has 31 heavy (non-hydrogen) atoms. The van der Waals surface area contributed by atoms with Crippen molar-refractivity contribution in [2.75, 3.05) is 25.2 Å². The number of carbonyl (C=O) groups is 2. The number of hydrogen-bond donors (Lipinski definition) is 1. The van der Waals surface area contributed by atoms with Crippen molar-refractivity contribution in [1.82, 2.24) is 9.88 Å². The summed E-state index contributed by atoms with van der Waals surface area (Å²) in [5.41, 5.74) is 5.76. The summed E-state index contributed by atoms with van der Waals surface area (Å²) in [6.45, 7) is 1.22. The summed E-state index contributed by atoms with van der Waals surface area (Å²) in [7, 11) is 1.39. The molecule has 160 valence electrons. The van der Waals surface area contributed by atoms with Crippen LogP contribution in [-0.2, 0) is 17.7 Å². The Balaban J connectivity index is 1.37. The van der Waals surface area contributed by atoms with Crippen molar-refractivity contribution in [3.8, 4) is 0 Å². The van der Waals surface area contributed by atoms with Crippen LogP contribution in [0, 0.1) is 0 Å². The number of nitrogens with zero attached hydrogens (tertiary/aromatic N) is 1. The highest BCUT2D eigenvalue weighted by molar-refractivity contribution is 8.16. The van der Waals surface area contributed by atoms with Crippen molar-refractivity contribution in [1.29, 1.82) is 0 Å². The van der Waals surface area contributed by atoms with E-state index in [1.165, 1.54) is 30.6 Å². The number of methoxy groups -OCH3 is 1. The molecule has 0 unspecified atom stereocenters. The van der Waals surface area contributed by atoms with Crippen molar-refractivity contribution < 1.29 is 14.3 Å². The van der Waals surface area contributed by atoms with Crippen LogP contribution in [0.5, 0.6) is 0 Å². The standard InChI is InChI=1S/C24H24N2O3S2/c1-29-23(28)17-7-8-20-18(13-17)19-14-26(10-9-21(19)25-20)22(27)15-3-5-16(6-4-15)24-30-11-2-12-31-24/h3-8,13,24-25H,2,9-12,14H2,1H3. The van der Waals surface area contributed by atoms with E-state index in [2.05, 4.69) is 17.1 Å².